The SMILES string of the molecule is N#Cc1c(NC(=O)Cn2ncc3ccc(N)cc32)sc2c1CCC2. The Morgan fingerprint density at radius 1 is 1.46 bits per heavy atom. The van der Waals surface area contributed by atoms with E-state index in [0.717, 1.165) is 35.7 Å². The lowest BCUT2D eigenvalue weighted by atomic mass is 10.1. The third kappa shape index (κ3) is 2.41. The number of nitrogens with zero attached hydrogens (tertiary/aromatic N) is 3. The van der Waals surface area contributed by atoms with Crippen molar-refractivity contribution in [2.24, 2.45) is 0 Å². The average Bonchev–Trinajstić information content (AvgIpc) is 3.22. The molecule has 120 valence electrons. The third-order valence-corrected chi connectivity index (χ3v) is 5.46. The van der Waals surface area contributed by atoms with Crippen LogP contribution in [0.15, 0.2) is 24.4 Å². The largest absolute Gasteiger partial charge is 0.399 e. The Hall–Kier alpha value is -2.85. The molecule has 1 amide bonds. The highest BCUT2D eigenvalue weighted by molar-refractivity contribution is 7.16. The van der Waals surface area contributed by atoms with E-state index >= 15 is 0 Å². The predicted octanol–water partition coefficient (Wildman–Crippen LogP) is 2.68. The zero-order valence-corrected chi connectivity index (χ0v) is 13.7. The summed E-state index contributed by atoms with van der Waals surface area (Å²) < 4.78 is 1.62. The van der Waals surface area contributed by atoms with E-state index in [1.165, 1.54) is 16.2 Å². The minimum absolute atomic E-state index is 0.0837. The summed E-state index contributed by atoms with van der Waals surface area (Å²) >= 11 is 1.52. The number of hydrogen-bond donors (Lipinski definition) is 2. The number of fused-ring (bicyclic) bond motifs is 2. The molecule has 0 unspecified atom stereocenters. The molecule has 3 aromatic rings. The number of nitrogens with one attached hydrogen (secondary N) is 1. The van der Waals surface area contributed by atoms with Gasteiger partial charge in [-0.2, -0.15) is 10.4 Å². The number of hydrogen-bond acceptors (Lipinski definition) is 5. The van der Waals surface area contributed by atoms with Crippen molar-refractivity contribution in [3.05, 3.63) is 40.4 Å². The quantitative estimate of drug-likeness (QED) is 0.718. The molecule has 7 heteroatoms. The van der Waals surface area contributed by atoms with Crippen molar-refractivity contribution in [3.8, 4) is 6.07 Å². The zero-order chi connectivity index (χ0) is 16.7. The first kappa shape index (κ1) is 14.7. The fourth-order valence-corrected chi connectivity index (χ4v) is 4.38. The molecular formula is C17H15N5OS. The summed E-state index contributed by atoms with van der Waals surface area (Å²) in [5.74, 6) is -0.196. The molecule has 1 aliphatic carbocycles. The molecule has 0 saturated heterocycles. The molecule has 6 nitrogen and oxygen atoms in total. The van der Waals surface area contributed by atoms with E-state index in [1.807, 2.05) is 6.07 Å². The Morgan fingerprint density at radius 2 is 2.33 bits per heavy atom. The van der Waals surface area contributed by atoms with E-state index in [2.05, 4.69) is 16.5 Å². The van der Waals surface area contributed by atoms with E-state index < -0.39 is 0 Å². The molecule has 0 fully saturated rings. The third-order valence-electron chi connectivity index (χ3n) is 4.25. The second-order valence-electron chi connectivity index (χ2n) is 5.84. The minimum Gasteiger partial charge on any atom is -0.399 e. The fraction of sp³-hybridized carbons (Fsp3) is 0.235. The molecule has 0 radical (unpaired) electrons. The number of carbonyl (C=O) groups excluding carboxylic acids is 1. The van der Waals surface area contributed by atoms with E-state index in [-0.39, 0.29) is 12.5 Å². The number of carbonyl (C=O) groups is 1. The molecule has 0 atom stereocenters. The van der Waals surface area contributed by atoms with Gasteiger partial charge in [-0.05, 0) is 43.0 Å². The second kappa shape index (κ2) is 5.65. The number of nitrogens with two attached hydrogens (primary N) is 1. The number of amides is 1. The van der Waals surface area contributed by atoms with Gasteiger partial charge in [0, 0.05) is 16.0 Å². The highest BCUT2D eigenvalue weighted by atomic mass is 32.1. The van der Waals surface area contributed by atoms with Gasteiger partial charge in [0.05, 0.1) is 17.3 Å². The number of anilines is 2. The van der Waals surface area contributed by atoms with Gasteiger partial charge in [-0.25, -0.2) is 0 Å². The van der Waals surface area contributed by atoms with Crippen molar-refractivity contribution >= 4 is 38.8 Å². The number of nitriles is 1. The van der Waals surface area contributed by atoms with Gasteiger partial charge in [0.2, 0.25) is 5.91 Å². The number of aryl methyl sites for hydroxylation is 1. The summed E-state index contributed by atoms with van der Waals surface area (Å²) in [7, 11) is 0. The predicted molar refractivity (Wildman–Crippen MR) is 93.8 cm³/mol. The molecule has 0 bridgehead atoms. The van der Waals surface area contributed by atoms with Crippen LogP contribution in [0.3, 0.4) is 0 Å². The average molecular weight is 337 g/mol. The van der Waals surface area contributed by atoms with Crippen molar-refractivity contribution < 1.29 is 4.79 Å². The Balaban J connectivity index is 1.57. The van der Waals surface area contributed by atoms with Gasteiger partial charge >= 0.3 is 0 Å². The molecule has 0 saturated carbocycles. The first-order valence-corrected chi connectivity index (χ1v) is 8.53. The van der Waals surface area contributed by atoms with Gasteiger partial charge in [0.25, 0.3) is 0 Å². The monoisotopic (exact) mass is 337 g/mol. The maximum atomic E-state index is 12.4. The maximum Gasteiger partial charge on any atom is 0.246 e. The van der Waals surface area contributed by atoms with Crippen LogP contribution in [-0.4, -0.2) is 15.7 Å². The zero-order valence-electron chi connectivity index (χ0n) is 12.9. The second-order valence-corrected chi connectivity index (χ2v) is 6.95. The summed E-state index contributed by atoms with van der Waals surface area (Å²) in [6.45, 7) is 0.0837. The lowest BCUT2D eigenvalue weighted by molar-refractivity contribution is -0.116. The minimum atomic E-state index is -0.196. The van der Waals surface area contributed by atoms with E-state index in [9.17, 15) is 10.1 Å². The van der Waals surface area contributed by atoms with E-state index in [4.69, 9.17) is 5.73 Å². The maximum absolute atomic E-state index is 12.4. The van der Waals surface area contributed by atoms with Gasteiger partial charge < -0.3 is 11.1 Å². The Kier molecular flexibility index (Phi) is 3.47. The smallest absolute Gasteiger partial charge is 0.246 e. The number of benzene rings is 1. The van der Waals surface area contributed by atoms with Crippen LogP contribution in [0.5, 0.6) is 0 Å². The molecule has 4 rings (SSSR count). The molecule has 3 N–H and O–H groups in total. The highest BCUT2D eigenvalue weighted by Gasteiger charge is 2.23. The molecular weight excluding hydrogens is 322 g/mol. The lowest BCUT2D eigenvalue weighted by Gasteiger charge is -2.06. The molecule has 0 aliphatic heterocycles. The van der Waals surface area contributed by atoms with Crippen LogP contribution in [0.2, 0.25) is 0 Å². The molecule has 0 spiro atoms. The van der Waals surface area contributed by atoms with Crippen LogP contribution in [-0.2, 0) is 24.2 Å². The fourth-order valence-electron chi connectivity index (χ4n) is 3.13. The first-order valence-electron chi connectivity index (χ1n) is 7.71. The molecule has 24 heavy (non-hydrogen) atoms. The van der Waals surface area contributed by atoms with Gasteiger partial charge in [-0.3, -0.25) is 9.48 Å². The number of nitrogen functional groups attached to an aromatic ring is 1. The van der Waals surface area contributed by atoms with E-state index in [0.29, 0.717) is 16.3 Å². The molecule has 2 aromatic heterocycles. The molecule has 1 aliphatic rings. The van der Waals surface area contributed by atoms with Gasteiger partial charge in [-0.1, -0.05) is 0 Å². The number of aromatic nitrogens is 2. The Morgan fingerprint density at radius 3 is 3.17 bits per heavy atom. The lowest BCUT2D eigenvalue weighted by Crippen LogP contribution is -2.19. The summed E-state index contributed by atoms with van der Waals surface area (Å²) in [4.78, 5) is 13.6. The number of thiophene rings is 1. The molecule has 1 aromatic carbocycles. The molecule has 2 heterocycles. The van der Waals surface area contributed by atoms with Crippen molar-refractivity contribution in [1.29, 1.82) is 5.26 Å². The van der Waals surface area contributed by atoms with Crippen molar-refractivity contribution in [1.82, 2.24) is 9.78 Å². The highest BCUT2D eigenvalue weighted by Crippen LogP contribution is 2.38. The van der Waals surface area contributed by atoms with Gasteiger partial charge in [0.1, 0.15) is 17.6 Å². The van der Waals surface area contributed by atoms with Crippen molar-refractivity contribution in [2.75, 3.05) is 11.1 Å². The van der Waals surface area contributed by atoms with Gasteiger partial charge in [0.15, 0.2) is 0 Å². The van der Waals surface area contributed by atoms with Crippen molar-refractivity contribution in [2.45, 2.75) is 25.8 Å². The van der Waals surface area contributed by atoms with Crippen LogP contribution in [0.4, 0.5) is 10.7 Å². The van der Waals surface area contributed by atoms with Crippen LogP contribution in [0.25, 0.3) is 10.9 Å². The summed E-state index contributed by atoms with van der Waals surface area (Å²) in [6.07, 6.45) is 4.72. The summed E-state index contributed by atoms with van der Waals surface area (Å²) in [5, 5.41) is 18.1. The van der Waals surface area contributed by atoms with Crippen molar-refractivity contribution in [3.63, 3.8) is 0 Å². The summed E-state index contributed by atoms with van der Waals surface area (Å²) in [6, 6.07) is 7.72. The van der Waals surface area contributed by atoms with Crippen LogP contribution in [0.1, 0.15) is 22.4 Å². The Bertz CT molecular complexity index is 994. The first-order chi connectivity index (χ1) is 11.7. The van der Waals surface area contributed by atoms with E-state index in [1.54, 1.807) is 23.0 Å². The topological polar surface area (TPSA) is 96.7 Å². The standard InChI is InChI=1S/C17H15N5OS/c18-7-13-12-2-1-3-15(12)24-17(13)21-16(23)9-22-14-6-11(19)5-4-10(14)8-20-22/h4-6,8H,1-3,9,19H2,(H,21,23). The van der Waals surface area contributed by atoms with Crippen LogP contribution >= 0.6 is 11.3 Å². The summed E-state index contributed by atoms with van der Waals surface area (Å²) in [5.41, 5.74) is 8.99. The number of rotatable bonds is 3. The Labute approximate surface area is 142 Å². The van der Waals surface area contributed by atoms with Crippen LogP contribution in [0, 0.1) is 11.3 Å². The van der Waals surface area contributed by atoms with Gasteiger partial charge in [-0.15, -0.1) is 11.3 Å². The van der Waals surface area contributed by atoms with Crippen LogP contribution < -0.4 is 11.1 Å². The normalized spacial score (nSPS) is 13.0.